The van der Waals surface area contributed by atoms with Gasteiger partial charge in [0.2, 0.25) is 5.88 Å². The first kappa shape index (κ1) is 13.3. The normalized spacial score (nSPS) is 10.4. The second-order valence-electron chi connectivity index (χ2n) is 3.76. The predicted molar refractivity (Wildman–Crippen MR) is 72.7 cm³/mol. The van der Waals surface area contributed by atoms with Gasteiger partial charge in [-0.15, -0.1) is 11.6 Å². The first-order valence-electron chi connectivity index (χ1n) is 5.24. The third-order valence-corrected chi connectivity index (χ3v) is 3.17. The van der Waals surface area contributed by atoms with E-state index in [-0.39, 0.29) is 5.88 Å². The molecule has 0 bridgehead atoms. The number of hydrogen-bond acceptors (Lipinski definition) is 2. The second kappa shape index (κ2) is 5.67. The monoisotopic (exact) mass is 329 g/mol. The molecule has 0 fully saturated rings. The third kappa shape index (κ3) is 3.00. The van der Waals surface area contributed by atoms with Crippen LogP contribution in [0.25, 0.3) is 0 Å². The van der Waals surface area contributed by atoms with E-state index >= 15 is 0 Å². The van der Waals surface area contributed by atoms with Crippen LogP contribution in [0.1, 0.15) is 11.1 Å². The molecular weight excluding hydrogens is 321 g/mol. The minimum atomic E-state index is -0.427. The third-order valence-electron chi connectivity index (χ3n) is 2.39. The van der Waals surface area contributed by atoms with Gasteiger partial charge in [-0.25, -0.2) is 9.37 Å². The van der Waals surface area contributed by atoms with Crippen LogP contribution < -0.4 is 4.74 Å². The van der Waals surface area contributed by atoms with Crippen molar-refractivity contribution < 1.29 is 9.13 Å². The van der Waals surface area contributed by atoms with Crippen molar-refractivity contribution >= 4 is 27.5 Å². The van der Waals surface area contributed by atoms with Gasteiger partial charge < -0.3 is 4.74 Å². The van der Waals surface area contributed by atoms with Crippen LogP contribution in [-0.2, 0) is 5.88 Å². The van der Waals surface area contributed by atoms with Gasteiger partial charge in [-0.1, -0.05) is 22.0 Å². The number of nitrogens with zero attached hydrogens (tertiary/aromatic N) is 1. The maximum Gasteiger partial charge on any atom is 0.223 e. The zero-order valence-electron chi connectivity index (χ0n) is 9.58. The Morgan fingerprint density at radius 3 is 2.89 bits per heavy atom. The van der Waals surface area contributed by atoms with Crippen molar-refractivity contribution in [3.05, 3.63) is 51.9 Å². The van der Waals surface area contributed by atoms with Gasteiger partial charge >= 0.3 is 0 Å². The Balaban J connectivity index is 2.36. The van der Waals surface area contributed by atoms with Crippen molar-refractivity contribution in [1.29, 1.82) is 0 Å². The molecule has 1 aromatic heterocycles. The van der Waals surface area contributed by atoms with Gasteiger partial charge in [-0.05, 0) is 30.7 Å². The molecule has 0 saturated carbocycles. The van der Waals surface area contributed by atoms with Crippen LogP contribution in [0.2, 0.25) is 0 Å². The molecule has 0 saturated heterocycles. The van der Waals surface area contributed by atoms with Gasteiger partial charge in [0.15, 0.2) is 0 Å². The van der Waals surface area contributed by atoms with Crippen molar-refractivity contribution in [2.24, 2.45) is 0 Å². The molecule has 0 spiro atoms. The number of aromatic nitrogens is 1. The highest BCUT2D eigenvalue weighted by molar-refractivity contribution is 9.10. The summed E-state index contributed by atoms with van der Waals surface area (Å²) in [7, 11) is 0. The molecule has 0 aliphatic carbocycles. The highest BCUT2D eigenvalue weighted by atomic mass is 79.9. The number of hydrogen-bond donors (Lipinski definition) is 0. The summed E-state index contributed by atoms with van der Waals surface area (Å²) in [4.78, 5) is 3.92. The Bertz CT molecular complexity index is 577. The molecule has 5 heteroatoms. The first-order valence-corrected chi connectivity index (χ1v) is 6.57. The first-order chi connectivity index (χ1) is 8.60. The lowest BCUT2D eigenvalue weighted by Crippen LogP contribution is -1.95. The zero-order valence-corrected chi connectivity index (χ0v) is 11.9. The van der Waals surface area contributed by atoms with Crippen LogP contribution in [0.5, 0.6) is 11.6 Å². The van der Waals surface area contributed by atoms with Crippen molar-refractivity contribution in [2.75, 3.05) is 0 Å². The van der Waals surface area contributed by atoms with Gasteiger partial charge in [0, 0.05) is 10.0 Å². The van der Waals surface area contributed by atoms with Crippen LogP contribution in [0, 0.1) is 12.7 Å². The number of alkyl halides is 1. The quantitative estimate of drug-likeness (QED) is 0.753. The molecule has 1 heterocycles. The van der Waals surface area contributed by atoms with Crippen molar-refractivity contribution in [3.8, 4) is 11.6 Å². The zero-order chi connectivity index (χ0) is 13.1. The van der Waals surface area contributed by atoms with Crippen LogP contribution >= 0.6 is 27.5 Å². The lowest BCUT2D eigenvalue weighted by atomic mass is 10.2. The Hall–Kier alpha value is -1.13. The number of benzene rings is 1. The van der Waals surface area contributed by atoms with E-state index in [0.29, 0.717) is 17.2 Å². The van der Waals surface area contributed by atoms with Gasteiger partial charge in [0.25, 0.3) is 0 Å². The van der Waals surface area contributed by atoms with E-state index in [4.69, 9.17) is 16.3 Å². The highest BCUT2D eigenvalue weighted by Crippen LogP contribution is 2.29. The number of aryl methyl sites for hydroxylation is 1. The number of rotatable bonds is 3. The Morgan fingerprint density at radius 1 is 1.39 bits per heavy atom. The minimum Gasteiger partial charge on any atom is -0.438 e. The lowest BCUT2D eigenvalue weighted by molar-refractivity contribution is 0.451. The van der Waals surface area contributed by atoms with Crippen LogP contribution in [0.15, 0.2) is 34.9 Å². The molecule has 0 aliphatic heterocycles. The van der Waals surface area contributed by atoms with Crippen LogP contribution in [0.3, 0.4) is 0 Å². The summed E-state index contributed by atoms with van der Waals surface area (Å²) >= 11 is 9.12. The van der Waals surface area contributed by atoms with E-state index in [1.54, 1.807) is 0 Å². The van der Waals surface area contributed by atoms with Crippen LogP contribution in [0.4, 0.5) is 4.39 Å². The van der Waals surface area contributed by atoms with E-state index in [1.807, 2.05) is 25.1 Å². The molecule has 0 amide bonds. The standard InChI is InChI=1S/C13H10BrClFNO/c1-8-2-3-10(14)5-12(8)18-13-9(6-15)4-11(16)7-17-13/h2-5,7H,6H2,1H3. The van der Waals surface area contributed by atoms with E-state index in [0.717, 1.165) is 16.2 Å². The fourth-order valence-electron chi connectivity index (χ4n) is 1.44. The van der Waals surface area contributed by atoms with Crippen molar-refractivity contribution in [1.82, 2.24) is 4.98 Å². The molecule has 2 aromatic rings. The van der Waals surface area contributed by atoms with E-state index in [2.05, 4.69) is 20.9 Å². The molecule has 0 aliphatic rings. The fraction of sp³-hybridized carbons (Fsp3) is 0.154. The van der Waals surface area contributed by atoms with Crippen molar-refractivity contribution in [2.45, 2.75) is 12.8 Å². The van der Waals surface area contributed by atoms with Crippen LogP contribution in [-0.4, -0.2) is 4.98 Å². The lowest BCUT2D eigenvalue weighted by Gasteiger charge is -2.10. The van der Waals surface area contributed by atoms with Gasteiger partial charge in [-0.2, -0.15) is 0 Å². The molecule has 1 aromatic carbocycles. The maximum atomic E-state index is 13.0. The van der Waals surface area contributed by atoms with Gasteiger partial charge in [0.1, 0.15) is 11.6 Å². The average Bonchev–Trinajstić information content (AvgIpc) is 2.36. The predicted octanol–water partition coefficient (Wildman–Crippen LogP) is 4.82. The Kier molecular flexibility index (Phi) is 4.19. The molecular formula is C13H10BrClFNO. The van der Waals surface area contributed by atoms with E-state index in [9.17, 15) is 4.39 Å². The highest BCUT2D eigenvalue weighted by Gasteiger charge is 2.09. The molecule has 18 heavy (non-hydrogen) atoms. The topological polar surface area (TPSA) is 22.1 Å². The Morgan fingerprint density at radius 2 is 2.17 bits per heavy atom. The minimum absolute atomic E-state index is 0.146. The van der Waals surface area contributed by atoms with E-state index < -0.39 is 5.82 Å². The molecule has 94 valence electrons. The summed E-state index contributed by atoms with van der Waals surface area (Å²) < 4.78 is 19.6. The summed E-state index contributed by atoms with van der Waals surface area (Å²) in [5.41, 5.74) is 1.49. The maximum absolute atomic E-state index is 13.0. The smallest absolute Gasteiger partial charge is 0.223 e. The van der Waals surface area contributed by atoms with Gasteiger partial charge in [-0.3, -0.25) is 0 Å². The summed E-state index contributed by atoms with van der Waals surface area (Å²) in [5, 5.41) is 0. The molecule has 0 N–H and O–H groups in total. The Labute approximate surface area is 118 Å². The van der Waals surface area contributed by atoms with Crippen molar-refractivity contribution in [3.63, 3.8) is 0 Å². The molecule has 2 rings (SSSR count). The van der Waals surface area contributed by atoms with Gasteiger partial charge in [0.05, 0.1) is 12.1 Å². The summed E-state index contributed by atoms with van der Waals surface area (Å²) in [6.07, 6.45) is 1.11. The largest absolute Gasteiger partial charge is 0.438 e. The summed E-state index contributed by atoms with van der Waals surface area (Å²) in [6.45, 7) is 1.92. The molecule has 2 nitrogen and oxygen atoms in total. The molecule has 0 radical (unpaired) electrons. The average molecular weight is 331 g/mol. The number of halogens is 3. The fourth-order valence-corrected chi connectivity index (χ4v) is 1.98. The molecule has 0 atom stereocenters. The summed E-state index contributed by atoms with van der Waals surface area (Å²) in [6, 6.07) is 6.99. The van der Waals surface area contributed by atoms with E-state index in [1.165, 1.54) is 6.07 Å². The number of pyridine rings is 1. The second-order valence-corrected chi connectivity index (χ2v) is 4.95. The summed E-state index contributed by atoms with van der Waals surface area (Å²) in [5.74, 6) is 0.707. The number of ether oxygens (including phenoxy) is 1. The SMILES string of the molecule is Cc1ccc(Br)cc1Oc1ncc(F)cc1CCl. The molecule has 0 unspecified atom stereocenters.